The van der Waals surface area contributed by atoms with Gasteiger partial charge in [-0.3, -0.25) is 4.79 Å². The third-order valence-corrected chi connectivity index (χ3v) is 2.66. The van der Waals surface area contributed by atoms with E-state index in [9.17, 15) is 9.59 Å². The van der Waals surface area contributed by atoms with Gasteiger partial charge < -0.3 is 21.7 Å². The molecule has 5 N–H and O–H groups in total. The van der Waals surface area contributed by atoms with Gasteiger partial charge in [0.15, 0.2) is 0 Å². The second kappa shape index (κ2) is 6.75. The molecule has 0 spiro atoms. The molecule has 104 valence electrons. The summed E-state index contributed by atoms with van der Waals surface area (Å²) < 4.78 is 0. The summed E-state index contributed by atoms with van der Waals surface area (Å²) in [5, 5.41) is 7.80. The molecule has 1 aromatic rings. The van der Waals surface area contributed by atoms with Crippen LogP contribution in [0.4, 0.5) is 16.2 Å². The van der Waals surface area contributed by atoms with Crippen molar-refractivity contribution in [1.29, 1.82) is 0 Å². The molecule has 0 unspecified atom stereocenters. The molecule has 0 saturated carbocycles. The van der Waals surface area contributed by atoms with Crippen LogP contribution in [0.1, 0.15) is 13.8 Å². The summed E-state index contributed by atoms with van der Waals surface area (Å²) in [6.45, 7) is 3.78. The molecule has 0 aliphatic heterocycles. The average molecular weight is 264 g/mol. The van der Waals surface area contributed by atoms with Gasteiger partial charge in [0.05, 0.1) is 6.04 Å². The van der Waals surface area contributed by atoms with E-state index < -0.39 is 6.04 Å². The number of hydrogen-bond donors (Lipinski definition) is 4. The number of hydrogen-bond acceptors (Lipinski definition) is 3. The van der Waals surface area contributed by atoms with Gasteiger partial charge in [0.2, 0.25) is 5.91 Å². The van der Waals surface area contributed by atoms with Crippen molar-refractivity contribution in [3.63, 3.8) is 0 Å². The molecular formula is C13H20N4O2. The first kappa shape index (κ1) is 15.0. The number of nitrogens with two attached hydrogens (primary N) is 1. The van der Waals surface area contributed by atoms with Crippen molar-refractivity contribution in [2.24, 2.45) is 11.7 Å². The Kier molecular flexibility index (Phi) is 5.32. The smallest absolute Gasteiger partial charge is 0.318 e. The Morgan fingerprint density at radius 1 is 1.05 bits per heavy atom. The molecule has 0 fully saturated rings. The molecular weight excluding hydrogens is 244 g/mol. The fourth-order valence-corrected chi connectivity index (χ4v) is 1.36. The van der Waals surface area contributed by atoms with Crippen LogP contribution in [0.5, 0.6) is 0 Å². The first-order valence-corrected chi connectivity index (χ1v) is 6.09. The Hall–Kier alpha value is -2.08. The van der Waals surface area contributed by atoms with Gasteiger partial charge in [0.1, 0.15) is 0 Å². The van der Waals surface area contributed by atoms with E-state index in [0.717, 1.165) is 0 Å². The van der Waals surface area contributed by atoms with E-state index in [-0.39, 0.29) is 17.9 Å². The molecule has 1 rings (SSSR count). The van der Waals surface area contributed by atoms with E-state index in [1.807, 2.05) is 13.8 Å². The summed E-state index contributed by atoms with van der Waals surface area (Å²) in [4.78, 5) is 22.8. The van der Waals surface area contributed by atoms with Crippen LogP contribution in [0.2, 0.25) is 0 Å². The molecule has 1 aromatic carbocycles. The molecule has 0 heterocycles. The van der Waals surface area contributed by atoms with E-state index in [2.05, 4.69) is 16.0 Å². The van der Waals surface area contributed by atoms with Crippen molar-refractivity contribution < 1.29 is 9.59 Å². The third kappa shape index (κ3) is 4.59. The zero-order chi connectivity index (χ0) is 14.4. The van der Waals surface area contributed by atoms with Crippen LogP contribution in [0.15, 0.2) is 24.3 Å². The largest absolute Gasteiger partial charge is 0.341 e. The highest BCUT2D eigenvalue weighted by atomic mass is 16.2. The van der Waals surface area contributed by atoms with Crippen LogP contribution >= 0.6 is 0 Å². The molecule has 0 bridgehead atoms. The fraction of sp³-hybridized carbons (Fsp3) is 0.385. The minimum atomic E-state index is -0.538. The number of nitrogens with one attached hydrogen (secondary N) is 3. The normalized spacial score (nSPS) is 11.8. The van der Waals surface area contributed by atoms with Crippen molar-refractivity contribution in [2.75, 3.05) is 17.7 Å². The fourth-order valence-electron chi connectivity index (χ4n) is 1.36. The van der Waals surface area contributed by atoms with Crippen LogP contribution in [-0.2, 0) is 4.79 Å². The molecule has 0 aromatic heterocycles. The summed E-state index contributed by atoms with van der Waals surface area (Å²) in [5.41, 5.74) is 7.03. The Morgan fingerprint density at radius 3 is 1.95 bits per heavy atom. The van der Waals surface area contributed by atoms with Gasteiger partial charge in [-0.25, -0.2) is 4.79 Å². The van der Waals surface area contributed by atoms with Gasteiger partial charge >= 0.3 is 6.03 Å². The number of amides is 3. The zero-order valence-corrected chi connectivity index (χ0v) is 11.4. The molecule has 0 aliphatic carbocycles. The lowest BCUT2D eigenvalue weighted by Gasteiger charge is -2.15. The number of benzene rings is 1. The van der Waals surface area contributed by atoms with Crippen molar-refractivity contribution in [3.05, 3.63) is 24.3 Å². The SMILES string of the molecule is CNC(=O)Nc1ccc(NC(=O)[C@H](N)C(C)C)cc1. The van der Waals surface area contributed by atoms with Crippen molar-refractivity contribution in [3.8, 4) is 0 Å². The van der Waals surface area contributed by atoms with E-state index in [0.29, 0.717) is 11.4 Å². The minimum Gasteiger partial charge on any atom is -0.341 e. The lowest BCUT2D eigenvalue weighted by Crippen LogP contribution is -2.39. The summed E-state index contributed by atoms with van der Waals surface area (Å²) in [6, 6.07) is 5.98. The Bertz CT molecular complexity index is 442. The van der Waals surface area contributed by atoms with Gasteiger partial charge in [-0.2, -0.15) is 0 Å². The topological polar surface area (TPSA) is 96.2 Å². The molecule has 1 atom stereocenters. The number of urea groups is 1. The summed E-state index contributed by atoms with van der Waals surface area (Å²) in [6.07, 6.45) is 0. The molecule has 19 heavy (non-hydrogen) atoms. The predicted molar refractivity (Wildman–Crippen MR) is 76.0 cm³/mol. The highest BCUT2D eigenvalue weighted by Crippen LogP contribution is 2.14. The second-order valence-electron chi connectivity index (χ2n) is 4.54. The van der Waals surface area contributed by atoms with Crippen LogP contribution in [0.3, 0.4) is 0 Å². The van der Waals surface area contributed by atoms with Crippen LogP contribution in [-0.4, -0.2) is 25.0 Å². The minimum absolute atomic E-state index is 0.0780. The van der Waals surface area contributed by atoms with E-state index in [4.69, 9.17) is 5.73 Å². The average Bonchev–Trinajstić information content (AvgIpc) is 2.39. The number of carbonyl (C=O) groups excluding carboxylic acids is 2. The maximum Gasteiger partial charge on any atom is 0.318 e. The first-order chi connectivity index (χ1) is 8.93. The van der Waals surface area contributed by atoms with Crippen molar-refractivity contribution in [1.82, 2.24) is 5.32 Å². The van der Waals surface area contributed by atoms with Gasteiger partial charge in [0, 0.05) is 18.4 Å². The van der Waals surface area contributed by atoms with Gasteiger partial charge in [0.25, 0.3) is 0 Å². The van der Waals surface area contributed by atoms with Gasteiger partial charge in [-0.05, 0) is 30.2 Å². The zero-order valence-electron chi connectivity index (χ0n) is 11.4. The summed E-state index contributed by atoms with van der Waals surface area (Å²) >= 11 is 0. The standard InChI is InChI=1S/C13H20N4O2/c1-8(2)11(14)12(18)16-9-4-6-10(7-5-9)17-13(19)15-3/h4-8,11H,14H2,1-3H3,(H,16,18)(H2,15,17,19)/t11-/m1/s1. The Balaban J connectivity index is 2.62. The first-order valence-electron chi connectivity index (χ1n) is 6.09. The molecule has 0 saturated heterocycles. The maximum absolute atomic E-state index is 11.7. The van der Waals surface area contributed by atoms with E-state index >= 15 is 0 Å². The number of carbonyl (C=O) groups is 2. The Labute approximate surface area is 112 Å². The summed E-state index contributed by atoms with van der Waals surface area (Å²) in [7, 11) is 1.54. The lowest BCUT2D eigenvalue weighted by atomic mass is 10.0. The Morgan fingerprint density at radius 2 is 1.53 bits per heavy atom. The van der Waals surface area contributed by atoms with E-state index in [1.54, 1.807) is 24.3 Å². The van der Waals surface area contributed by atoms with Gasteiger partial charge in [-0.1, -0.05) is 13.8 Å². The molecule has 6 nitrogen and oxygen atoms in total. The second-order valence-corrected chi connectivity index (χ2v) is 4.54. The molecule has 0 radical (unpaired) electrons. The number of anilines is 2. The molecule has 6 heteroatoms. The quantitative estimate of drug-likeness (QED) is 0.661. The van der Waals surface area contributed by atoms with Crippen LogP contribution < -0.4 is 21.7 Å². The third-order valence-electron chi connectivity index (χ3n) is 2.66. The summed E-state index contributed by atoms with van der Waals surface area (Å²) in [5.74, 6) is -0.142. The van der Waals surface area contributed by atoms with E-state index in [1.165, 1.54) is 7.05 Å². The maximum atomic E-state index is 11.7. The number of rotatable bonds is 4. The van der Waals surface area contributed by atoms with Crippen LogP contribution in [0.25, 0.3) is 0 Å². The lowest BCUT2D eigenvalue weighted by molar-refractivity contribution is -0.118. The highest BCUT2D eigenvalue weighted by molar-refractivity contribution is 5.95. The van der Waals surface area contributed by atoms with Crippen molar-refractivity contribution >= 4 is 23.3 Å². The molecule has 3 amide bonds. The predicted octanol–water partition coefficient (Wildman–Crippen LogP) is 1.36. The van der Waals surface area contributed by atoms with Crippen molar-refractivity contribution in [2.45, 2.75) is 19.9 Å². The monoisotopic (exact) mass is 264 g/mol. The molecule has 0 aliphatic rings. The van der Waals surface area contributed by atoms with Gasteiger partial charge in [-0.15, -0.1) is 0 Å². The highest BCUT2D eigenvalue weighted by Gasteiger charge is 2.16. The van der Waals surface area contributed by atoms with Crippen LogP contribution in [0, 0.1) is 5.92 Å².